The predicted molar refractivity (Wildman–Crippen MR) is 71.6 cm³/mol. The second-order valence-corrected chi connectivity index (χ2v) is 4.80. The molecule has 9 nitrogen and oxygen atoms in total. The lowest BCUT2D eigenvalue weighted by molar-refractivity contribution is -0.0203. The Morgan fingerprint density at radius 3 is 2.70 bits per heavy atom. The van der Waals surface area contributed by atoms with Crippen molar-refractivity contribution < 1.29 is 5.11 Å². The van der Waals surface area contributed by atoms with Gasteiger partial charge in [-0.2, -0.15) is 24.7 Å². The number of nitrogens with zero attached hydrogens (tertiary/aromatic N) is 6. The van der Waals surface area contributed by atoms with Crippen LogP contribution in [0, 0.1) is 0 Å². The maximum Gasteiger partial charge on any atom is 0.258 e. The Bertz CT molecular complexity index is 580. The van der Waals surface area contributed by atoms with Crippen LogP contribution < -0.4 is 10.6 Å². The lowest BCUT2D eigenvalue weighted by Gasteiger charge is -2.36. The number of hydrogen-bond acceptors (Lipinski definition) is 8. The highest BCUT2D eigenvalue weighted by atomic mass is 16.3. The molecule has 0 bridgehead atoms. The predicted octanol–water partition coefficient (Wildman–Crippen LogP) is -0.179. The van der Waals surface area contributed by atoms with Gasteiger partial charge >= 0.3 is 0 Å². The lowest BCUT2D eigenvalue weighted by atomic mass is 9.80. The third kappa shape index (κ3) is 2.52. The van der Waals surface area contributed by atoms with E-state index in [1.165, 1.54) is 17.3 Å². The van der Waals surface area contributed by atoms with Crippen molar-refractivity contribution in [2.24, 2.45) is 0 Å². The maximum atomic E-state index is 10.1. The molecule has 0 unspecified atom stereocenters. The van der Waals surface area contributed by atoms with Gasteiger partial charge in [0.2, 0.25) is 11.9 Å². The van der Waals surface area contributed by atoms with Gasteiger partial charge in [-0.05, 0) is 19.3 Å². The quantitative estimate of drug-likeness (QED) is 0.689. The van der Waals surface area contributed by atoms with Crippen LogP contribution in [0.1, 0.15) is 19.3 Å². The van der Waals surface area contributed by atoms with Crippen LogP contribution in [-0.2, 0) is 0 Å². The Labute approximate surface area is 115 Å². The minimum Gasteiger partial charge on any atom is -0.388 e. The van der Waals surface area contributed by atoms with Gasteiger partial charge in [-0.15, -0.1) is 0 Å². The van der Waals surface area contributed by atoms with E-state index in [1.807, 2.05) is 0 Å². The molecule has 1 aliphatic rings. The second kappa shape index (κ2) is 5.00. The van der Waals surface area contributed by atoms with E-state index in [-0.39, 0.29) is 0 Å². The molecule has 0 atom stereocenters. The topological polar surface area (TPSA) is 114 Å². The van der Waals surface area contributed by atoms with Crippen molar-refractivity contribution in [3.63, 3.8) is 0 Å². The van der Waals surface area contributed by atoms with Gasteiger partial charge in [-0.25, -0.2) is 4.98 Å². The van der Waals surface area contributed by atoms with Gasteiger partial charge in [0.15, 0.2) is 0 Å². The zero-order valence-electron chi connectivity index (χ0n) is 11.1. The summed E-state index contributed by atoms with van der Waals surface area (Å²) in [5.74, 6) is 1.19. The first-order chi connectivity index (χ1) is 9.68. The monoisotopic (exact) mass is 276 g/mol. The largest absolute Gasteiger partial charge is 0.388 e. The van der Waals surface area contributed by atoms with Crippen LogP contribution in [0.5, 0.6) is 0 Å². The maximum absolute atomic E-state index is 10.1. The van der Waals surface area contributed by atoms with E-state index in [1.54, 1.807) is 7.05 Å². The van der Waals surface area contributed by atoms with Gasteiger partial charge in [0.05, 0.1) is 5.60 Å². The van der Waals surface area contributed by atoms with E-state index < -0.39 is 5.60 Å². The minimum absolute atomic E-state index is 0.366. The SMILES string of the molecule is CNc1nc(NCC2(O)CCC2)nc(-n2cncn2)n1. The molecule has 3 N–H and O–H groups in total. The van der Waals surface area contributed by atoms with Crippen molar-refractivity contribution in [2.45, 2.75) is 24.9 Å². The Morgan fingerprint density at radius 2 is 2.10 bits per heavy atom. The first-order valence-corrected chi connectivity index (χ1v) is 6.44. The van der Waals surface area contributed by atoms with Crippen LogP contribution in [-0.4, -0.2) is 54.0 Å². The van der Waals surface area contributed by atoms with Gasteiger partial charge in [-0.1, -0.05) is 0 Å². The van der Waals surface area contributed by atoms with Gasteiger partial charge in [0.25, 0.3) is 5.95 Å². The van der Waals surface area contributed by atoms with Gasteiger partial charge in [0.1, 0.15) is 12.7 Å². The summed E-state index contributed by atoms with van der Waals surface area (Å²) in [7, 11) is 1.73. The summed E-state index contributed by atoms with van der Waals surface area (Å²) in [6.45, 7) is 0.428. The molecule has 0 amide bonds. The number of nitrogens with one attached hydrogen (secondary N) is 2. The third-order valence-electron chi connectivity index (χ3n) is 3.33. The highest BCUT2D eigenvalue weighted by Crippen LogP contribution is 2.31. The smallest absolute Gasteiger partial charge is 0.258 e. The summed E-state index contributed by atoms with van der Waals surface area (Å²) >= 11 is 0. The van der Waals surface area contributed by atoms with Crippen molar-refractivity contribution in [1.82, 2.24) is 29.7 Å². The molecule has 0 aromatic carbocycles. The highest BCUT2D eigenvalue weighted by Gasteiger charge is 2.34. The lowest BCUT2D eigenvalue weighted by Crippen LogP contribution is -2.43. The summed E-state index contributed by atoms with van der Waals surface area (Å²) in [4.78, 5) is 16.5. The number of rotatable bonds is 5. The van der Waals surface area contributed by atoms with Crippen LogP contribution >= 0.6 is 0 Å². The Balaban J connectivity index is 1.81. The number of anilines is 2. The molecule has 0 aliphatic heterocycles. The number of hydrogen-bond donors (Lipinski definition) is 3. The average Bonchev–Trinajstić information content (AvgIpc) is 2.97. The van der Waals surface area contributed by atoms with E-state index in [0.29, 0.717) is 24.4 Å². The molecule has 1 saturated carbocycles. The van der Waals surface area contributed by atoms with Crippen molar-refractivity contribution in [3.8, 4) is 5.95 Å². The summed E-state index contributed by atoms with van der Waals surface area (Å²) < 4.78 is 1.45. The molecule has 106 valence electrons. The summed E-state index contributed by atoms with van der Waals surface area (Å²) in [5.41, 5.74) is -0.639. The first kappa shape index (κ1) is 12.7. The zero-order valence-corrected chi connectivity index (χ0v) is 11.1. The molecule has 0 saturated heterocycles. The fourth-order valence-electron chi connectivity index (χ4n) is 1.97. The van der Waals surface area contributed by atoms with Crippen molar-refractivity contribution >= 4 is 11.9 Å². The molecule has 0 radical (unpaired) electrons. The molecule has 2 aromatic heterocycles. The van der Waals surface area contributed by atoms with E-state index >= 15 is 0 Å². The van der Waals surface area contributed by atoms with E-state index in [9.17, 15) is 5.11 Å². The van der Waals surface area contributed by atoms with Crippen molar-refractivity contribution in [2.75, 3.05) is 24.2 Å². The number of aromatic nitrogens is 6. The molecule has 3 rings (SSSR count). The van der Waals surface area contributed by atoms with Crippen LogP contribution in [0.25, 0.3) is 5.95 Å². The molecule has 20 heavy (non-hydrogen) atoms. The van der Waals surface area contributed by atoms with E-state index in [4.69, 9.17) is 0 Å². The van der Waals surface area contributed by atoms with Crippen LogP contribution in [0.4, 0.5) is 11.9 Å². The van der Waals surface area contributed by atoms with Crippen LogP contribution in [0.3, 0.4) is 0 Å². The standard InChI is InChI=1S/C11H16N8O/c1-12-8-16-9(14-5-11(20)3-2-4-11)18-10(17-8)19-7-13-6-15-19/h6-7,20H,2-5H2,1H3,(H2,12,14,16,17,18). The fourth-order valence-corrected chi connectivity index (χ4v) is 1.97. The zero-order chi connectivity index (χ0) is 14.0. The Hall–Kier alpha value is -2.29. The molecule has 9 heteroatoms. The molecule has 1 fully saturated rings. The molecule has 1 aliphatic carbocycles. The fraction of sp³-hybridized carbons (Fsp3) is 0.545. The summed E-state index contributed by atoms with van der Waals surface area (Å²) in [6, 6.07) is 0. The summed E-state index contributed by atoms with van der Waals surface area (Å²) in [5, 5.41) is 20.0. The molecular weight excluding hydrogens is 260 g/mol. The average molecular weight is 276 g/mol. The van der Waals surface area contributed by atoms with Gasteiger partial charge in [0, 0.05) is 13.6 Å². The van der Waals surface area contributed by atoms with Crippen molar-refractivity contribution in [1.29, 1.82) is 0 Å². The van der Waals surface area contributed by atoms with E-state index in [0.717, 1.165) is 19.3 Å². The Kier molecular flexibility index (Phi) is 3.18. The third-order valence-corrected chi connectivity index (χ3v) is 3.33. The second-order valence-electron chi connectivity index (χ2n) is 4.80. The van der Waals surface area contributed by atoms with Crippen LogP contribution in [0.2, 0.25) is 0 Å². The first-order valence-electron chi connectivity index (χ1n) is 6.44. The summed E-state index contributed by atoms with van der Waals surface area (Å²) in [6.07, 6.45) is 5.59. The number of aliphatic hydroxyl groups is 1. The highest BCUT2D eigenvalue weighted by molar-refractivity contribution is 5.37. The molecule has 2 heterocycles. The molecule has 2 aromatic rings. The minimum atomic E-state index is -0.639. The van der Waals surface area contributed by atoms with Gasteiger partial charge in [-0.3, -0.25) is 0 Å². The van der Waals surface area contributed by atoms with Crippen LogP contribution in [0.15, 0.2) is 12.7 Å². The van der Waals surface area contributed by atoms with Gasteiger partial charge < -0.3 is 15.7 Å². The Morgan fingerprint density at radius 1 is 1.30 bits per heavy atom. The van der Waals surface area contributed by atoms with Crippen molar-refractivity contribution in [3.05, 3.63) is 12.7 Å². The molecular formula is C11H16N8O. The molecule has 0 spiro atoms. The normalized spacial score (nSPS) is 16.5. The van der Waals surface area contributed by atoms with E-state index in [2.05, 4.69) is 35.7 Å².